The largest absolute Gasteiger partial charge is 0.455 e. The second-order valence-electron chi connectivity index (χ2n) is 5.76. The van der Waals surface area contributed by atoms with Crippen LogP contribution < -0.4 is 4.74 Å². The van der Waals surface area contributed by atoms with Crippen LogP contribution in [0, 0.1) is 0 Å². The topological polar surface area (TPSA) is 65.2 Å². The summed E-state index contributed by atoms with van der Waals surface area (Å²) in [6.07, 6.45) is 5.32. The summed E-state index contributed by atoms with van der Waals surface area (Å²) >= 11 is 0. The van der Waals surface area contributed by atoms with E-state index in [-0.39, 0.29) is 0 Å². The zero-order valence-electron chi connectivity index (χ0n) is 13.6. The van der Waals surface area contributed by atoms with E-state index in [9.17, 15) is 0 Å². The average molecular weight is 339 g/mol. The Morgan fingerprint density at radius 3 is 2.65 bits per heavy atom. The second-order valence-corrected chi connectivity index (χ2v) is 5.76. The molecule has 4 aromatic heterocycles. The first-order valence-corrected chi connectivity index (χ1v) is 8.16. The van der Waals surface area contributed by atoms with Gasteiger partial charge in [0.15, 0.2) is 17.2 Å². The van der Waals surface area contributed by atoms with E-state index in [1.807, 2.05) is 71.3 Å². The lowest BCUT2D eigenvalue weighted by Crippen LogP contribution is -1.94. The minimum absolute atomic E-state index is 0.685. The van der Waals surface area contributed by atoms with E-state index in [1.54, 1.807) is 12.4 Å². The van der Waals surface area contributed by atoms with Gasteiger partial charge in [0.25, 0.3) is 0 Å². The Hall–Kier alpha value is -3.80. The van der Waals surface area contributed by atoms with Crippen molar-refractivity contribution in [2.75, 3.05) is 0 Å². The van der Waals surface area contributed by atoms with E-state index in [4.69, 9.17) is 9.72 Å². The molecule has 124 valence electrons. The van der Waals surface area contributed by atoms with Crippen molar-refractivity contribution in [2.45, 2.75) is 0 Å². The summed E-state index contributed by atoms with van der Waals surface area (Å²) in [5, 5.41) is 9.48. The molecule has 4 heterocycles. The number of ether oxygens (including phenoxy) is 1. The third-order valence-corrected chi connectivity index (χ3v) is 4.10. The third-order valence-electron chi connectivity index (χ3n) is 4.10. The molecule has 5 rings (SSSR count). The van der Waals surface area contributed by atoms with Crippen molar-refractivity contribution in [3.05, 3.63) is 79.3 Å². The number of aromatic nitrogens is 5. The van der Waals surface area contributed by atoms with E-state index in [2.05, 4.69) is 15.2 Å². The first-order valence-electron chi connectivity index (χ1n) is 8.16. The van der Waals surface area contributed by atoms with E-state index >= 15 is 0 Å². The highest BCUT2D eigenvalue weighted by Gasteiger charge is 2.12. The van der Waals surface area contributed by atoms with E-state index < -0.39 is 0 Å². The number of fused-ring (bicyclic) bond motifs is 2. The summed E-state index contributed by atoms with van der Waals surface area (Å²) in [4.78, 5) is 8.81. The lowest BCUT2D eigenvalue weighted by molar-refractivity contribution is 0.486. The van der Waals surface area contributed by atoms with Gasteiger partial charge in [-0.2, -0.15) is 0 Å². The van der Waals surface area contributed by atoms with Gasteiger partial charge < -0.3 is 4.74 Å². The number of nitrogens with zero attached hydrogens (tertiary/aromatic N) is 5. The van der Waals surface area contributed by atoms with Gasteiger partial charge in [0.05, 0.1) is 0 Å². The standard InChI is InChI=1S/C20H13N5O/c1-2-13-25-18(6-1)23-24-20(25)16-8-7-14-4-3-5-17(19(14)22-16)26-15-9-11-21-12-10-15/h1-13H. The molecule has 0 amide bonds. The Morgan fingerprint density at radius 1 is 0.808 bits per heavy atom. The predicted molar refractivity (Wildman–Crippen MR) is 98.0 cm³/mol. The molecule has 1 aromatic carbocycles. The van der Waals surface area contributed by atoms with Crippen molar-refractivity contribution < 1.29 is 4.74 Å². The van der Waals surface area contributed by atoms with Crippen LogP contribution >= 0.6 is 0 Å². The van der Waals surface area contributed by atoms with Crippen LogP contribution in [0.2, 0.25) is 0 Å². The number of benzene rings is 1. The summed E-state index contributed by atoms with van der Waals surface area (Å²) in [7, 11) is 0. The molecule has 0 spiro atoms. The molecule has 0 aliphatic carbocycles. The van der Waals surface area contributed by atoms with Crippen LogP contribution in [-0.4, -0.2) is 24.6 Å². The van der Waals surface area contributed by atoms with Gasteiger partial charge in [0.2, 0.25) is 0 Å². The number of pyridine rings is 3. The monoisotopic (exact) mass is 339 g/mol. The minimum atomic E-state index is 0.685. The quantitative estimate of drug-likeness (QED) is 0.494. The van der Waals surface area contributed by atoms with Gasteiger partial charge in [-0.15, -0.1) is 10.2 Å². The van der Waals surface area contributed by atoms with Crippen LogP contribution in [0.3, 0.4) is 0 Å². The molecule has 5 aromatic rings. The Labute approximate surface area is 148 Å². The highest BCUT2D eigenvalue weighted by Crippen LogP contribution is 2.30. The Bertz CT molecular complexity index is 1220. The van der Waals surface area contributed by atoms with Crippen molar-refractivity contribution in [3.8, 4) is 23.0 Å². The maximum atomic E-state index is 6.01. The van der Waals surface area contributed by atoms with Gasteiger partial charge in [0, 0.05) is 24.0 Å². The predicted octanol–water partition coefficient (Wildman–Crippen LogP) is 4.13. The number of para-hydroxylation sites is 1. The molecular formula is C20H13N5O. The zero-order chi connectivity index (χ0) is 17.3. The highest BCUT2D eigenvalue weighted by molar-refractivity contribution is 5.86. The molecule has 0 saturated heterocycles. The second kappa shape index (κ2) is 5.93. The lowest BCUT2D eigenvalue weighted by atomic mass is 10.2. The van der Waals surface area contributed by atoms with E-state index in [0.29, 0.717) is 17.3 Å². The summed E-state index contributed by atoms with van der Waals surface area (Å²) in [6.45, 7) is 0. The third kappa shape index (κ3) is 2.44. The summed E-state index contributed by atoms with van der Waals surface area (Å²) in [5.41, 5.74) is 2.29. The molecule has 0 radical (unpaired) electrons. The van der Waals surface area contributed by atoms with Crippen LogP contribution in [0.1, 0.15) is 0 Å². The van der Waals surface area contributed by atoms with Gasteiger partial charge in [-0.25, -0.2) is 4.98 Å². The van der Waals surface area contributed by atoms with Crippen LogP contribution in [0.25, 0.3) is 28.1 Å². The minimum Gasteiger partial charge on any atom is -0.455 e. The van der Waals surface area contributed by atoms with Crippen molar-refractivity contribution in [1.82, 2.24) is 24.6 Å². The van der Waals surface area contributed by atoms with E-state index in [0.717, 1.165) is 22.2 Å². The molecule has 26 heavy (non-hydrogen) atoms. The van der Waals surface area contributed by atoms with Crippen molar-refractivity contribution in [2.24, 2.45) is 0 Å². The first kappa shape index (κ1) is 14.5. The Balaban J connectivity index is 1.66. The molecule has 0 saturated carbocycles. The van der Waals surface area contributed by atoms with Crippen LogP contribution in [-0.2, 0) is 0 Å². The fourth-order valence-corrected chi connectivity index (χ4v) is 2.88. The Morgan fingerprint density at radius 2 is 1.73 bits per heavy atom. The summed E-state index contributed by atoms with van der Waals surface area (Å²) in [5.74, 6) is 2.10. The smallest absolute Gasteiger partial charge is 0.187 e. The van der Waals surface area contributed by atoms with E-state index in [1.165, 1.54) is 0 Å². The molecule has 0 N–H and O–H groups in total. The molecule has 0 bridgehead atoms. The Kier molecular flexibility index (Phi) is 3.31. The molecule has 0 aliphatic rings. The normalized spacial score (nSPS) is 11.1. The summed E-state index contributed by atoms with van der Waals surface area (Å²) < 4.78 is 7.92. The summed E-state index contributed by atoms with van der Waals surface area (Å²) in [6, 6.07) is 19.2. The molecular weight excluding hydrogens is 326 g/mol. The van der Waals surface area contributed by atoms with Crippen LogP contribution in [0.4, 0.5) is 0 Å². The first-order chi connectivity index (χ1) is 12.9. The van der Waals surface area contributed by atoms with Crippen molar-refractivity contribution >= 4 is 16.6 Å². The lowest BCUT2D eigenvalue weighted by Gasteiger charge is -2.09. The number of hydrogen-bond donors (Lipinski definition) is 0. The van der Waals surface area contributed by atoms with Crippen LogP contribution in [0.15, 0.2) is 79.3 Å². The van der Waals surface area contributed by atoms with Crippen LogP contribution in [0.5, 0.6) is 11.5 Å². The average Bonchev–Trinajstić information content (AvgIpc) is 3.13. The fraction of sp³-hybridized carbons (Fsp3) is 0. The SMILES string of the molecule is c1cc(Oc2ccncc2)c2nc(-c3nnc4ccccn34)ccc2c1. The maximum absolute atomic E-state index is 6.01. The fourth-order valence-electron chi connectivity index (χ4n) is 2.88. The van der Waals surface area contributed by atoms with Crippen molar-refractivity contribution in [1.29, 1.82) is 0 Å². The van der Waals surface area contributed by atoms with Crippen molar-refractivity contribution in [3.63, 3.8) is 0 Å². The van der Waals surface area contributed by atoms with Gasteiger partial charge in [-0.3, -0.25) is 9.38 Å². The molecule has 0 unspecified atom stereocenters. The van der Waals surface area contributed by atoms with Gasteiger partial charge in [-0.05, 0) is 36.4 Å². The zero-order valence-corrected chi connectivity index (χ0v) is 13.6. The number of hydrogen-bond acceptors (Lipinski definition) is 5. The molecule has 0 atom stereocenters. The molecule has 6 nitrogen and oxygen atoms in total. The molecule has 0 fully saturated rings. The van der Waals surface area contributed by atoms with Gasteiger partial charge in [-0.1, -0.05) is 24.3 Å². The number of rotatable bonds is 3. The maximum Gasteiger partial charge on any atom is 0.187 e. The van der Waals surface area contributed by atoms with Gasteiger partial charge >= 0.3 is 0 Å². The molecule has 0 aliphatic heterocycles. The molecule has 6 heteroatoms. The highest BCUT2D eigenvalue weighted by atomic mass is 16.5. The van der Waals surface area contributed by atoms with Gasteiger partial charge in [0.1, 0.15) is 17.0 Å².